The molecule has 3 fully saturated rings. The quantitative estimate of drug-likeness (QED) is 0.907. The normalized spacial score (nSPS) is 28.6. The predicted octanol–water partition coefficient (Wildman–Crippen LogP) is 2.28. The third-order valence-corrected chi connectivity index (χ3v) is 6.24. The predicted molar refractivity (Wildman–Crippen MR) is 91.8 cm³/mol. The molecule has 2 aromatic rings. The lowest BCUT2D eigenvalue weighted by atomic mass is 10.2. The zero-order chi connectivity index (χ0) is 16.1. The monoisotopic (exact) mass is 340 g/mol. The summed E-state index contributed by atoms with van der Waals surface area (Å²) in [6.45, 7) is 3.18. The van der Waals surface area contributed by atoms with Crippen LogP contribution >= 0.6 is 11.5 Å². The summed E-state index contributed by atoms with van der Waals surface area (Å²) in [6.07, 6.45) is 2.30. The molecule has 1 N–H and O–H groups in total. The van der Waals surface area contributed by atoms with E-state index in [-0.39, 0.29) is 5.91 Å². The average Bonchev–Trinajstić information content (AvgIpc) is 3.43. The van der Waals surface area contributed by atoms with E-state index in [0.717, 1.165) is 43.0 Å². The highest BCUT2D eigenvalue weighted by Gasteiger charge is 2.56. The Morgan fingerprint density at radius 1 is 1.21 bits per heavy atom. The second-order valence-corrected chi connectivity index (χ2v) is 8.02. The lowest BCUT2D eigenvalue weighted by Crippen LogP contribution is -2.34. The standard InChI is InChI=1S/C18H20N4OS/c23-18(17-15(12-6-7-12)20-21-24-17)19-16-13-9-22(10-14(13)16)8-11-4-2-1-3-5-11/h1-5,12-14,16H,6-10H2,(H,19,23)/t13-,14+,16?. The molecule has 5 nitrogen and oxygen atoms in total. The number of fused-ring (bicyclic) bond motifs is 1. The Hall–Kier alpha value is -1.79. The fourth-order valence-electron chi connectivity index (χ4n) is 3.99. The molecule has 1 aromatic carbocycles. The van der Waals surface area contributed by atoms with Gasteiger partial charge >= 0.3 is 0 Å². The molecule has 0 radical (unpaired) electrons. The molecule has 1 aliphatic heterocycles. The van der Waals surface area contributed by atoms with Crippen LogP contribution in [0.1, 0.15) is 39.7 Å². The molecule has 1 aromatic heterocycles. The Kier molecular flexibility index (Phi) is 3.41. The van der Waals surface area contributed by atoms with Gasteiger partial charge in [-0.25, -0.2) is 0 Å². The maximum absolute atomic E-state index is 12.5. The Bertz CT molecular complexity index is 745. The fourth-order valence-corrected chi connectivity index (χ4v) is 4.65. The molecule has 6 heteroatoms. The highest BCUT2D eigenvalue weighted by molar-refractivity contribution is 7.08. The first kappa shape index (κ1) is 14.5. The second kappa shape index (κ2) is 5.63. The molecule has 0 spiro atoms. The van der Waals surface area contributed by atoms with E-state index in [1.807, 2.05) is 0 Å². The van der Waals surface area contributed by atoms with Crippen molar-refractivity contribution in [3.8, 4) is 0 Å². The number of aromatic nitrogens is 2. The average molecular weight is 340 g/mol. The lowest BCUT2D eigenvalue weighted by molar-refractivity contribution is 0.0945. The third kappa shape index (κ3) is 2.63. The van der Waals surface area contributed by atoms with Crippen molar-refractivity contribution < 1.29 is 4.79 Å². The lowest BCUT2D eigenvalue weighted by Gasteiger charge is -2.19. The van der Waals surface area contributed by atoms with E-state index in [1.165, 1.54) is 17.1 Å². The first-order chi connectivity index (χ1) is 11.8. The zero-order valence-electron chi connectivity index (χ0n) is 13.4. The van der Waals surface area contributed by atoms with Crippen LogP contribution in [-0.2, 0) is 6.54 Å². The molecule has 3 aliphatic rings. The molecule has 1 saturated heterocycles. The summed E-state index contributed by atoms with van der Waals surface area (Å²) in [5, 5.41) is 7.39. The largest absolute Gasteiger partial charge is 0.348 e. The highest BCUT2D eigenvalue weighted by atomic mass is 32.1. The first-order valence-electron chi connectivity index (χ1n) is 8.69. The summed E-state index contributed by atoms with van der Waals surface area (Å²) in [7, 11) is 0. The van der Waals surface area contributed by atoms with E-state index in [2.05, 4.69) is 50.1 Å². The number of nitrogens with zero attached hydrogens (tertiary/aromatic N) is 3. The van der Waals surface area contributed by atoms with Gasteiger partial charge in [-0.15, -0.1) is 5.10 Å². The molecular formula is C18H20N4OS. The summed E-state index contributed by atoms with van der Waals surface area (Å²) >= 11 is 1.24. The van der Waals surface area contributed by atoms with Crippen molar-refractivity contribution in [1.29, 1.82) is 0 Å². The number of nitrogens with one attached hydrogen (secondary N) is 1. The summed E-state index contributed by atoms with van der Waals surface area (Å²) in [5.41, 5.74) is 2.29. The number of hydrogen-bond donors (Lipinski definition) is 1. The van der Waals surface area contributed by atoms with Crippen LogP contribution in [0.5, 0.6) is 0 Å². The van der Waals surface area contributed by atoms with Gasteiger partial charge in [-0.2, -0.15) is 0 Å². The minimum absolute atomic E-state index is 0.0425. The second-order valence-electron chi connectivity index (χ2n) is 7.27. The van der Waals surface area contributed by atoms with Gasteiger partial charge in [-0.05, 0) is 41.8 Å². The number of benzene rings is 1. The molecule has 2 heterocycles. The van der Waals surface area contributed by atoms with Crippen LogP contribution < -0.4 is 5.32 Å². The summed E-state index contributed by atoms with van der Waals surface area (Å²) in [6, 6.07) is 10.9. The van der Waals surface area contributed by atoms with Crippen LogP contribution in [-0.4, -0.2) is 39.5 Å². The zero-order valence-corrected chi connectivity index (χ0v) is 14.2. The van der Waals surface area contributed by atoms with Crippen molar-refractivity contribution in [2.75, 3.05) is 13.1 Å². The van der Waals surface area contributed by atoms with Crippen LogP contribution in [0.3, 0.4) is 0 Å². The van der Waals surface area contributed by atoms with Crippen LogP contribution in [0.4, 0.5) is 0 Å². The van der Waals surface area contributed by atoms with Gasteiger partial charge in [0.1, 0.15) is 4.88 Å². The van der Waals surface area contributed by atoms with Gasteiger partial charge in [-0.1, -0.05) is 34.8 Å². The van der Waals surface area contributed by atoms with Crippen LogP contribution in [0, 0.1) is 11.8 Å². The van der Waals surface area contributed by atoms with Crippen LogP contribution in [0.15, 0.2) is 30.3 Å². The molecular weight excluding hydrogens is 320 g/mol. The van der Waals surface area contributed by atoms with Crippen LogP contribution in [0.25, 0.3) is 0 Å². The summed E-state index contributed by atoms with van der Waals surface area (Å²) in [5.74, 6) is 1.75. The minimum atomic E-state index is 0.0425. The van der Waals surface area contributed by atoms with E-state index in [4.69, 9.17) is 0 Å². The number of amides is 1. The fraction of sp³-hybridized carbons (Fsp3) is 0.500. The first-order valence-corrected chi connectivity index (χ1v) is 9.46. The Morgan fingerprint density at radius 2 is 1.96 bits per heavy atom. The molecule has 124 valence electrons. The van der Waals surface area contributed by atoms with Gasteiger partial charge < -0.3 is 5.32 Å². The highest BCUT2D eigenvalue weighted by Crippen LogP contribution is 2.46. The maximum Gasteiger partial charge on any atom is 0.265 e. The molecule has 2 aliphatic carbocycles. The van der Waals surface area contributed by atoms with Crippen molar-refractivity contribution in [2.45, 2.75) is 31.3 Å². The maximum atomic E-state index is 12.5. The Balaban J connectivity index is 1.16. The smallest absolute Gasteiger partial charge is 0.265 e. The van der Waals surface area contributed by atoms with E-state index >= 15 is 0 Å². The van der Waals surface area contributed by atoms with Gasteiger partial charge in [-0.3, -0.25) is 9.69 Å². The van der Waals surface area contributed by atoms with E-state index in [0.29, 0.717) is 23.8 Å². The van der Waals surface area contributed by atoms with E-state index in [1.54, 1.807) is 0 Å². The van der Waals surface area contributed by atoms with Crippen molar-refractivity contribution in [2.24, 2.45) is 11.8 Å². The number of carbonyl (C=O) groups is 1. The molecule has 3 atom stereocenters. The van der Waals surface area contributed by atoms with Crippen molar-refractivity contribution >= 4 is 17.4 Å². The molecule has 1 amide bonds. The number of carbonyl (C=O) groups excluding carboxylic acids is 1. The Labute approximate surface area is 145 Å². The number of piperidine rings is 1. The van der Waals surface area contributed by atoms with Gasteiger partial charge in [0.15, 0.2) is 0 Å². The number of likely N-dealkylation sites (tertiary alicyclic amines) is 1. The van der Waals surface area contributed by atoms with Gasteiger partial charge in [0, 0.05) is 31.6 Å². The SMILES string of the molecule is O=C(NC1[C@H]2CN(Cc3ccccc3)C[C@@H]12)c1snnc1C1CC1. The van der Waals surface area contributed by atoms with E-state index in [9.17, 15) is 4.79 Å². The molecule has 0 bridgehead atoms. The van der Waals surface area contributed by atoms with E-state index < -0.39 is 0 Å². The topological polar surface area (TPSA) is 58.1 Å². The Morgan fingerprint density at radius 3 is 2.67 bits per heavy atom. The third-order valence-electron chi connectivity index (χ3n) is 5.50. The molecule has 2 saturated carbocycles. The van der Waals surface area contributed by atoms with Crippen molar-refractivity contribution in [1.82, 2.24) is 19.8 Å². The summed E-state index contributed by atoms with van der Waals surface area (Å²) < 4.78 is 3.99. The van der Waals surface area contributed by atoms with Gasteiger partial charge in [0.25, 0.3) is 5.91 Å². The van der Waals surface area contributed by atoms with Gasteiger partial charge in [0.05, 0.1) is 5.69 Å². The number of hydrogen-bond acceptors (Lipinski definition) is 5. The molecule has 24 heavy (non-hydrogen) atoms. The molecule has 1 unspecified atom stereocenters. The molecule has 5 rings (SSSR count). The van der Waals surface area contributed by atoms with Crippen LogP contribution in [0.2, 0.25) is 0 Å². The minimum Gasteiger partial charge on any atom is -0.348 e. The van der Waals surface area contributed by atoms with Crippen molar-refractivity contribution in [3.63, 3.8) is 0 Å². The summed E-state index contributed by atoms with van der Waals surface area (Å²) in [4.78, 5) is 15.8. The van der Waals surface area contributed by atoms with Crippen molar-refractivity contribution in [3.05, 3.63) is 46.5 Å². The number of rotatable bonds is 5. The van der Waals surface area contributed by atoms with Gasteiger partial charge in [0.2, 0.25) is 0 Å².